The Balaban J connectivity index is 2.15. The van der Waals surface area contributed by atoms with Crippen LogP contribution in [0.3, 0.4) is 0 Å². The second kappa shape index (κ2) is 6.98. The van der Waals surface area contributed by atoms with Crippen LogP contribution in [-0.4, -0.2) is 5.11 Å². The van der Waals surface area contributed by atoms with Crippen LogP contribution in [-0.2, 0) is 6.61 Å². The van der Waals surface area contributed by atoms with Gasteiger partial charge in [0.2, 0.25) is 0 Å². The largest absolute Gasteiger partial charge is 0.488 e. The molecule has 0 aliphatic rings. The van der Waals surface area contributed by atoms with E-state index in [1.165, 1.54) is 0 Å². The van der Waals surface area contributed by atoms with Gasteiger partial charge in [0, 0.05) is 21.2 Å². The van der Waals surface area contributed by atoms with Crippen molar-refractivity contribution in [3.8, 4) is 5.75 Å². The number of para-hydroxylation sites is 1. The number of hydrogen-bond donors (Lipinski definition) is 1. The molecule has 0 radical (unpaired) electrons. The molecule has 2 rings (SSSR count). The third-order valence-corrected chi connectivity index (χ3v) is 3.65. The molecule has 2 aromatic rings. The van der Waals surface area contributed by atoms with Crippen molar-refractivity contribution in [1.29, 1.82) is 0 Å². The predicted molar refractivity (Wildman–Crippen MR) is 82.5 cm³/mol. The summed E-state index contributed by atoms with van der Waals surface area (Å²) >= 11 is 12.0. The Morgan fingerprint density at radius 1 is 1.15 bits per heavy atom. The number of rotatable bonds is 5. The molecule has 0 saturated carbocycles. The zero-order valence-corrected chi connectivity index (χ0v) is 12.7. The Morgan fingerprint density at radius 2 is 1.90 bits per heavy atom. The Labute approximate surface area is 128 Å². The molecular weight excluding hydrogens is 295 g/mol. The Bertz CT molecular complexity index is 584. The lowest BCUT2D eigenvalue weighted by Crippen LogP contribution is -2.02. The lowest BCUT2D eigenvalue weighted by Gasteiger charge is -2.15. The molecule has 106 valence electrons. The van der Waals surface area contributed by atoms with E-state index in [2.05, 4.69) is 0 Å². The molecule has 0 aliphatic carbocycles. The van der Waals surface area contributed by atoms with Crippen LogP contribution in [0.25, 0.3) is 0 Å². The quantitative estimate of drug-likeness (QED) is 0.840. The highest BCUT2D eigenvalue weighted by molar-refractivity contribution is 6.35. The first kappa shape index (κ1) is 15.2. The van der Waals surface area contributed by atoms with E-state index < -0.39 is 6.10 Å². The third-order valence-electron chi connectivity index (χ3n) is 3.06. The van der Waals surface area contributed by atoms with Crippen LogP contribution in [0.1, 0.15) is 30.6 Å². The number of ether oxygens (including phenoxy) is 1. The summed E-state index contributed by atoms with van der Waals surface area (Å²) in [5, 5.41) is 11.1. The van der Waals surface area contributed by atoms with Crippen LogP contribution in [0.4, 0.5) is 0 Å². The topological polar surface area (TPSA) is 29.5 Å². The maximum absolute atomic E-state index is 9.97. The molecule has 1 atom stereocenters. The fourth-order valence-corrected chi connectivity index (χ4v) is 2.36. The Morgan fingerprint density at radius 3 is 2.60 bits per heavy atom. The number of aliphatic hydroxyl groups excluding tert-OH is 1. The highest BCUT2D eigenvalue weighted by Gasteiger charge is 2.11. The molecule has 2 nitrogen and oxygen atoms in total. The van der Waals surface area contributed by atoms with Crippen LogP contribution in [0, 0.1) is 0 Å². The SMILES string of the molecule is CC[C@@H](O)c1ccccc1OCc1ccc(Cl)cc1Cl. The molecule has 0 aliphatic heterocycles. The highest BCUT2D eigenvalue weighted by Crippen LogP contribution is 2.28. The molecule has 2 aromatic carbocycles. The first-order valence-electron chi connectivity index (χ1n) is 6.45. The number of benzene rings is 2. The van der Waals surface area contributed by atoms with Crippen LogP contribution in [0.15, 0.2) is 42.5 Å². The van der Waals surface area contributed by atoms with E-state index in [9.17, 15) is 5.11 Å². The van der Waals surface area contributed by atoms with Gasteiger partial charge in [0.25, 0.3) is 0 Å². The number of hydrogen-bond acceptors (Lipinski definition) is 2. The van der Waals surface area contributed by atoms with Gasteiger partial charge in [-0.3, -0.25) is 0 Å². The Hall–Kier alpha value is -1.22. The molecule has 0 bridgehead atoms. The lowest BCUT2D eigenvalue weighted by molar-refractivity contribution is 0.166. The van der Waals surface area contributed by atoms with Gasteiger partial charge in [0.1, 0.15) is 12.4 Å². The van der Waals surface area contributed by atoms with Gasteiger partial charge in [-0.2, -0.15) is 0 Å². The normalized spacial score (nSPS) is 12.2. The predicted octanol–water partition coefficient (Wildman–Crippen LogP) is 5.02. The molecular formula is C16H16Cl2O2. The molecule has 0 unspecified atom stereocenters. The van der Waals surface area contributed by atoms with Crippen LogP contribution in [0.2, 0.25) is 10.0 Å². The minimum absolute atomic E-state index is 0.337. The maximum atomic E-state index is 9.97. The first-order chi connectivity index (χ1) is 9.61. The highest BCUT2D eigenvalue weighted by atomic mass is 35.5. The van der Waals surface area contributed by atoms with Gasteiger partial charge >= 0.3 is 0 Å². The molecule has 0 saturated heterocycles. The molecule has 1 N–H and O–H groups in total. The molecule has 20 heavy (non-hydrogen) atoms. The van der Waals surface area contributed by atoms with E-state index in [4.69, 9.17) is 27.9 Å². The first-order valence-corrected chi connectivity index (χ1v) is 7.21. The number of aliphatic hydroxyl groups is 1. The fourth-order valence-electron chi connectivity index (χ4n) is 1.90. The van der Waals surface area contributed by atoms with Crippen molar-refractivity contribution in [2.75, 3.05) is 0 Å². The Kier molecular flexibility index (Phi) is 5.30. The summed E-state index contributed by atoms with van der Waals surface area (Å²) in [6.07, 6.45) is 0.120. The van der Waals surface area contributed by atoms with Gasteiger partial charge in [0.05, 0.1) is 6.10 Å². The summed E-state index contributed by atoms with van der Waals surface area (Å²) in [5.74, 6) is 0.674. The van der Waals surface area contributed by atoms with E-state index in [0.717, 1.165) is 11.1 Å². The average Bonchev–Trinajstić information content (AvgIpc) is 2.46. The van der Waals surface area contributed by atoms with Gasteiger partial charge < -0.3 is 9.84 Å². The number of halogens is 2. The van der Waals surface area contributed by atoms with Crippen LogP contribution >= 0.6 is 23.2 Å². The van der Waals surface area contributed by atoms with Crippen molar-refractivity contribution in [2.45, 2.75) is 26.1 Å². The van der Waals surface area contributed by atoms with Crippen molar-refractivity contribution in [2.24, 2.45) is 0 Å². The van der Waals surface area contributed by atoms with E-state index in [1.807, 2.05) is 37.3 Å². The van der Waals surface area contributed by atoms with Crippen molar-refractivity contribution < 1.29 is 9.84 Å². The summed E-state index contributed by atoms with van der Waals surface area (Å²) in [6, 6.07) is 12.8. The third kappa shape index (κ3) is 3.66. The summed E-state index contributed by atoms with van der Waals surface area (Å²) in [7, 11) is 0. The monoisotopic (exact) mass is 310 g/mol. The maximum Gasteiger partial charge on any atom is 0.125 e. The van der Waals surface area contributed by atoms with Crippen molar-refractivity contribution in [3.05, 3.63) is 63.6 Å². The van der Waals surface area contributed by atoms with Gasteiger partial charge in [-0.25, -0.2) is 0 Å². The molecule has 0 amide bonds. The van der Waals surface area contributed by atoms with Crippen LogP contribution in [0.5, 0.6) is 5.75 Å². The van der Waals surface area contributed by atoms with Crippen molar-refractivity contribution in [1.82, 2.24) is 0 Å². The van der Waals surface area contributed by atoms with Crippen molar-refractivity contribution >= 4 is 23.2 Å². The van der Waals surface area contributed by atoms with E-state index in [1.54, 1.807) is 12.1 Å². The van der Waals surface area contributed by atoms with Crippen molar-refractivity contribution in [3.63, 3.8) is 0 Å². The van der Waals surface area contributed by atoms with Gasteiger partial charge in [-0.05, 0) is 24.6 Å². The zero-order valence-electron chi connectivity index (χ0n) is 11.1. The summed E-state index contributed by atoms with van der Waals surface area (Å²) in [4.78, 5) is 0. The van der Waals surface area contributed by atoms with E-state index in [-0.39, 0.29) is 0 Å². The smallest absolute Gasteiger partial charge is 0.125 e. The second-order valence-electron chi connectivity index (χ2n) is 4.49. The molecule has 4 heteroatoms. The molecule has 0 fully saturated rings. The molecule has 0 aromatic heterocycles. The minimum atomic E-state index is -0.521. The minimum Gasteiger partial charge on any atom is -0.488 e. The summed E-state index contributed by atoms with van der Waals surface area (Å²) in [6.45, 7) is 2.26. The van der Waals surface area contributed by atoms with Gasteiger partial charge in [-0.15, -0.1) is 0 Å². The average molecular weight is 311 g/mol. The van der Waals surface area contributed by atoms with Gasteiger partial charge in [0.15, 0.2) is 0 Å². The molecule has 0 heterocycles. The lowest BCUT2D eigenvalue weighted by atomic mass is 10.1. The fraction of sp³-hybridized carbons (Fsp3) is 0.250. The van der Waals surface area contributed by atoms with E-state index in [0.29, 0.717) is 28.8 Å². The molecule has 0 spiro atoms. The second-order valence-corrected chi connectivity index (χ2v) is 5.33. The zero-order chi connectivity index (χ0) is 14.5. The van der Waals surface area contributed by atoms with Gasteiger partial charge in [-0.1, -0.05) is 54.4 Å². The standard InChI is InChI=1S/C16H16Cl2O2/c1-2-15(19)13-5-3-4-6-16(13)20-10-11-7-8-12(17)9-14(11)18/h3-9,15,19H,2,10H2,1H3/t15-/m1/s1. The van der Waals surface area contributed by atoms with E-state index >= 15 is 0 Å². The summed E-state index contributed by atoms with van der Waals surface area (Å²) < 4.78 is 5.78. The summed E-state index contributed by atoms with van der Waals surface area (Å²) in [5.41, 5.74) is 1.65. The van der Waals surface area contributed by atoms with Crippen LogP contribution < -0.4 is 4.74 Å².